The molecule has 0 aliphatic carbocycles. The van der Waals surface area contributed by atoms with Gasteiger partial charge in [0.25, 0.3) is 5.91 Å². The number of carbonyl (C=O) groups excluding carboxylic acids is 1. The van der Waals surface area contributed by atoms with E-state index in [2.05, 4.69) is 11.4 Å². The summed E-state index contributed by atoms with van der Waals surface area (Å²) in [5.41, 5.74) is 2.18. The van der Waals surface area contributed by atoms with Crippen molar-refractivity contribution < 1.29 is 14.3 Å². The highest BCUT2D eigenvalue weighted by Crippen LogP contribution is 2.32. The summed E-state index contributed by atoms with van der Waals surface area (Å²) < 4.78 is 11.7. The Morgan fingerprint density at radius 3 is 2.77 bits per heavy atom. The number of carbonyl (C=O) groups is 1. The summed E-state index contributed by atoms with van der Waals surface area (Å²) in [6.45, 7) is 0.257. The first-order valence-electron chi connectivity index (χ1n) is 7.64. The maximum absolute atomic E-state index is 11.8. The van der Waals surface area contributed by atoms with Gasteiger partial charge in [0.1, 0.15) is 10.9 Å². The maximum atomic E-state index is 11.8. The Labute approximate surface area is 160 Å². The fourth-order valence-electron chi connectivity index (χ4n) is 2.38. The number of hydrogen-bond donors (Lipinski definition) is 1. The molecular formula is C19H14N2O3S2. The number of amides is 1. The average molecular weight is 382 g/mol. The average Bonchev–Trinajstić information content (AvgIpc) is 2.97. The smallest absolute Gasteiger partial charge is 0.263 e. The van der Waals surface area contributed by atoms with E-state index in [1.165, 1.54) is 11.8 Å². The van der Waals surface area contributed by atoms with Crippen molar-refractivity contribution in [2.75, 3.05) is 7.11 Å². The molecule has 130 valence electrons. The summed E-state index contributed by atoms with van der Waals surface area (Å²) >= 11 is 6.21. The molecule has 2 aromatic rings. The molecule has 1 heterocycles. The monoisotopic (exact) mass is 382 g/mol. The van der Waals surface area contributed by atoms with E-state index in [1.807, 2.05) is 24.3 Å². The molecule has 5 nitrogen and oxygen atoms in total. The van der Waals surface area contributed by atoms with Crippen LogP contribution in [0.2, 0.25) is 0 Å². The van der Waals surface area contributed by atoms with Crippen molar-refractivity contribution in [3.8, 4) is 17.6 Å². The van der Waals surface area contributed by atoms with Crippen molar-refractivity contribution in [3.63, 3.8) is 0 Å². The van der Waals surface area contributed by atoms with Gasteiger partial charge >= 0.3 is 0 Å². The highest BCUT2D eigenvalue weighted by molar-refractivity contribution is 8.26. The Bertz CT molecular complexity index is 948. The molecule has 2 aromatic carbocycles. The van der Waals surface area contributed by atoms with Crippen LogP contribution in [0.25, 0.3) is 6.08 Å². The molecule has 0 saturated carbocycles. The number of methoxy groups -OCH3 is 1. The zero-order valence-corrected chi connectivity index (χ0v) is 15.4. The third-order valence-corrected chi connectivity index (χ3v) is 4.81. The van der Waals surface area contributed by atoms with Crippen LogP contribution in [0.15, 0.2) is 47.4 Å². The summed E-state index contributed by atoms with van der Waals surface area (Å²) in [6, 6.07) is 14.8. The number of thioether (sulfide) groups is 1. The fourth-order valence-corrected chi connectivity index (χ4v) is 3.42. The number of nitriles is 1. The summed E-state index contributed by atoms with van der Waals surface area (Å²) in [7, 11) is 1.55. The maximum Gasteiger partial charge on any atom is 0.263 e. The van der Waals surface area contributed by atoms with Crippen molar-refractivity contribution in [2.24, 2.45) is 0 Å². The molecule has 1 fully saturated rings. The number of nitrogens with zero attached hydrogens (tertiary/aromatic N) is 1. The molecule has 0 radical (unpaired) electrons. The SMILES string of the molecule is COc1cc(/C=C2\SC(=S)NC2=O)ccc1OCc1ccccc1C#N. The van der Waals surface area contributed by atoms with Gasteiger partial charge in [-0.15, -0.1) is 0 Å². The van der Waals surface area contributed by atoms with Crippen LogP contribution < -0.4 is 14.8 Å². The minimum atomic E-state index is -0.201. The lowest BCUT2D eigenvalue weighted by Crippen LogP contribution is -2.17. The second-order valence-corrected chi connectivity index (χ2v) is 7.04. The number of rotatable bonds is 5. The predicted octanol–water partition coefficient (Wildman–Crippen LogP) is 3.63. The van der Waals surface area contributed by atoms with Crippen LogP contribution in [0.5, 0.6) is 11.5 Å². The standard InChI is InChI=1S/C19H14N2O3S2/c1-23-16-8-12(9-17-18(22)21-19(25)26-17)6-7-15(16)24-11-14-5-3-2-4-13(14)10-20/h2-9H,11H2,1H3,(H,21,22,25)/b17-9-. The van der Waals surface area contributed by atoms with Gasteiger partial charge in [-0.1, -0.05) is 48.2 Å². The molecule has 7 heteroatoms. The summed E-state index contributed by atoms with van der Waals surface area (Å²) in [5, 5.41) is 11.7. The second kappa shape index (κ2) is 8.04. The summed E-state index contributed by atoms with van der Waals surface area (Å²) in [5.74, 6) is 0.897. The van der Waals surface area contributed by atoms with Crippen LogP contribution in [0.4, 0.5) is 0 Å². The van der Waals surface area contributed by atoms with Crippen molar-refractivity contribution in [3.05, 3.63) is 64.1 Å². The number of ether oxygens (including phenoxy) is 2. The van der Waals surface area contributed by atoms with Crippen molar-refractivity contribution in [1.82, 2.24) is 5.32 Å². The Morgan fingerprint density at radius 2 is 2.08 bits per heavy atom. The van der Waals surface area contributed by atoms with Crippen molar-refractivity contribution >= 4 is 40.3 Å². The van der Waals surface area contributed by atoms with Gasteiger partial charge in [0.2, 0.25) is 0 Å². The third-order valence-electron chi connectivity index (χ3n) is 3.65. The van der Waals surface area contributed by atoms with Gasteiger partial charge in [-0.25, -0.2) is 0 Å². The number of hydrogen-bond acceptors (Lipinski definition) is 6. The normalized spacial score (nSPS) is 14.8. The van der Waals surface area contributed by atoms with Gasteiger partial charge in [0.05, 0.1) is 23.6 Å². The van der Waals surface area contributed by atoms with Crippen LogP contribution in [0.1, 0.15) is 16.7 Å². The van der Waals surface area contributed by atoms with E-state index in [9.17, 15) is 4.79 Å². The highest BCUT2D eigenvalue weighted by Gasteiger charge is 2.22. The minimum absolute atomic E-state index is 0.201. The van der Waals surface area contributed by atoms with Crippen LogP contribution in [-0.4, -0.2) is 17.3 Å². The molecular weight excluding hydrogens is 368 g/mol. The molecule has 1 saturated heterocycles. The Balaban J connectivity index is 1.79. The number of nitrogens with one attached hydrogen (secondary N) is 1. The van der Waals surface area contributed by atoms with Gasteiger partial charge in [0, 0.05) is 5.56 Å². The molecule has 1 aliphatic rings. The molecule has 0 bridgehead atoms. The third kappa shape index (κ3) is 4.04. The van der Waals surface area contributed by atoms with E-state index < -0.39 is 0 Å². The first-order chi connectivity index (χ1) is 12.6. The van der Waals surface area contributed by atoms with Crippen LogP contribution in [0, 0.1) is 11.3 Å². The van der Waals surface area contributed by atoms with Gasteiger partial charge in [-0.2, -0.15) is 5.26 Å². The van der Waals surface area contributed by atoms with Gasteiger partial charge in [0.15, 0.2) is 11.5 Å². The Morgan fingerprint density at radius 1 is 1.27 bits per heavy atom. The lowest BCUT2D eigenvalue weighted by molar-refractivity contribution is -0.115. The zero-order valence-electron chi connectivity index (χ0n) is 13.8. The molecule has 1 aliphatic heterocycles. The first-order valence-corrected chi connectivity index (χ1v) is 8.87. The quantitative estimate of drug-likeness (QED) is 0.629. The Kier molecular flexibility index (Phi) is 5.56. The molecule has 3 rings (SSSR count). The van der Waals surface area contributed by atoms with Gasteiger partial charge < -0.3 is 14.8 Å². The van der Waals surface area contributed by atoms with Crippen molar-refractivity contribution in [1.29, 1.82) is 5.26 Å². The highest BCUT2D eigenvalue weighted by atomic mass is 32.2. The first kappa shape index (κ1) is 18.0. The number of thiocarbonyl (C=S) groups is 1. The molecule has 26 heavy (non-hydrogen) atoms. The van der Waals surface area contributed by atoms with Crippen LogP contribution in [0.3, 0.4) is 0 Å². The largest absolute Gasteiger partial charge is 0.493 e. The predicted molar refractivity (Wildman–Crippen MR) is 105 cm³/mol. The Hall–Kier alpha value is -2.82. The van der Waals surface area contributed by atoms with Crippen LogP contribution >= 0.6 is 24.0 Å². The van der Waals surface area contributed by atoms with E-state index in [1.54, 1.807) is 31.4 Å². The van der Waals surface area contributed by atoms with E-state index in [4.69, 9.17) is 27.0 Å². The van der Waals surface area contributed by atoms with Gasteiger partial charge in [-0.3, -0.25) is 4.79 Å². The minimum Gasteiger partial charge on any atom is -0.493 e. The van der Waals surface area contributed by atoms with E-state index >= 15 is 0 Å². The van der Waals surface area contributed by atoms with E-state index in [0.29, 0.717) is 26.3 Å². The lowest BCUT2D eigenvalue weighted by atomic mass is 10.1. The number of benzene rings is 2. The topological polar surface area (TPSA) is 71.3 Å². The summed E-state index contributed by atoms with van der Waals surface area (Å²) in [4.78, 5) is 12.3. The molecule has 1 N–H and O–H groups in total. The van der Waals surface area contributed by atoms with E-state index in [0.717, 1.165) is 11.1 Å². The fraction of sp³-hybridized carbons (Fsp3) is 0.105. The van der Waals surface area contributed by atoms with Crippen LogP contribution in [-0.2, 0) is 11.4 Å². The summed E-state index contributed by atoms with van der Waals surface area (Å²) in [6.07, 6.45) is 1.75. The van der Waals surface area contributed by atoms with E-state index in [-0.39, 0.29) is 12.5 Å². The molecule has 0 spiro atoms. The zero-order chi connectivity index (χ0) is 18.5. The van der Waals surface area contributed by atoms with Crippen molar-refractivity contribution in [2.45, 2.75) is 6.61 Å². The molecule has 0 atom stereocenters. The second-order valence-electron chi connectivity index (χ2n) is 5.32. The van der Waals surface area contributed by atoms with Gasteiger partial charge in [-0.05, 0) is 29.8 Å². The molecule has 0 unspecified atom stereocenters. The molecule has 0 aromatic heterocycles. The molecule has 1 amide bonds. The lowest BCUT2D eigenvalue weighted by Gasteiger charge is -2.12.